The SMILES string of the molecule is O=C(O)c1c(F)ccc(OCc2nc3cc(Cl)cnc3s2)c1F. The Morgan fingerprint density at radius 3 is 2.91 bits per heavy atom. The van der Waals surface area contributed by atoms with Crippen molar-refractivity contribution in [3.63, 3.8) is 0 Å². The van der Waals surface area contributed by atoms with Crippen molar-refractivity contribution in [2.24, 2.45) is 0 Å². The third-order valence-electron chi connectivity index (χ3n) is 2.88. The fourth-order valence-corrected chi connectivity index (χ4v) is 2.84. The lowest BCUT2D eigenvalue weighted by Crippen LogP contribution is -2.07. The average molecular weight is 357 g/mol. The second kappa shape index (κ2) is 6.05. The molecule has 3 rings (SSSR count). The number of carboxylic acids is 1. The molecule has 2 heterocycles. The number of aromatic nitrogens is 2. The van der Waals surface area contributed by atoms with Crippen LogP contribution in [-0.2, 0) is 6.61 Å². The fourth-order valence-electron chi connectivity index (χ4n) is 1.89. The second-order valence-electron chi connectivity index (χ2n) is 4.41. The number of rotatable bonds is 4. The lowest BCUT2D eigenvalue weighted by atomic mass is 10.2. The molecule has 0 amide bonds. The van der Waals surface area contributed by atoms with Crippen LogP contribution < -0.4 is 4.74 Å². The molecule has 1 aromatic carbocycles. The first-order chi connectivity index (χ1) is 11.0. The molecule has 9 heteroatoms. The molecule has 3 aromatic rings. The van der Waals surface area contributed by atoms with E-state index in [1.165, 1.54) is 17.5 Å². The van der Waals surface area contributed by atoms with Crippen molar-refractivity contribution in [2.45, 2.75) is 6.61 Å². The first-order valence-corrected chi connectivity index (χ1v) is 7.40. The van der Waals surface area contributed by atoms with Gasteiger partial charge in [0.15, 0.2) is 11.6 Å². The molecule has 0 saturated carbocycles. The predicted octanol–water partition coefficient (Wildman–Crippen LogP) is 3.90. The molecular weight excluding hydrogens is 350 g/mol. The van der Waals surface area contributed by atoms with Crippen LogP contribution in [0, 0.1) is 11.6 Å². The number of fused-ring (bicyclic) bond motifs is 1. The maximum Gasteiger partial charge on any atom is 0.341 e. The fraction of sp³-hybridized carbons (Fsp3) is 0.0714. The summed E-state index contributed by atoms with van der Waals surface area (Å²) in [5, 5.41) is 9.74. The van der Waals surface area contributed by atoms with Crippen LogP contribution in [0.1, 0.15) is 15.4 Å². The highest BCUT2D eigenvalue weighted by Gasteiger charge is 2.21. The van der Waals surface area contributed by atoms with Crippen molar-refractivity contribution in [1.82, 2.24) is 9.97 Å². The maximum absolute atomic E-state index is 14.0. The van der Waals surface area contributed by atoms with Gasteiger partial charge in [-0.25, -0.2) is 23.5 Å². The molecule has 0 radical (unpaired) electrons. The van der Waals surface area contributed by atoms with Gasteiger partial charge in [-0.2, -0.15) is 0 Å². The summed E-state index contributed by atoms with van der Waals surface area (Å²) in [4.78, 5) is 19.8. The molecule has 0 aliphatic carbocycles. The maximum atomic E-state index is 14.0. The summed E-state index contributed by atoms with van der Waals surface area (Å²) in [5.74, 6) is -4.50. The Morgan fingerprint density at radius 2 is 2.17 bits per heavy atom. The van der Waals surface area contributed by atoms with Crippen LogP contribution >= 0.6 is 22.9 Å². The number of pyridine rings is 1. The van der Waals surface area contributed by atoms with Crippen LogP contribution in [-0.4, -0.2) is 21.0 Å². The van der Waals surface area contributed by atoms with E-state index >= 15 is 0 Å². The minimum Gasteiger partial charge on any atom is -0.483 e. The molecule has 0 aliphatic heterocycles. The van der Waals surface area contributed by atoms with Crippen LogP contribution in [0.15, 0.2) is 24.4 Å². The molecular formula is C14H7ClF2N2O3S. The molecule has 0 fully saturated rings. The summed E-state index contributed by atoms with van der Waals surface area (Å²) < 4.78 is 32.5. The second-order valence-corrected chi connectivity index (χ2v) is 5.91. The molecule has 118 valence electrons. The number of benzene rings is 1. The van der Waals surface area contributed by atoms with E-state index in [0.717, 1.165) is 12.1 Å². The van der Waals surface area contributed by atoms with Gasteiger partial charge in [0.2, 0.25) is 0 Å². The van der Waals surface area contributed by atoms with E-state index in [1.54, 1.807) is 6.07 Å². The van der Waals surface area contributed by atoms with Gasteiger partial charge in [0.05, 0.1) is 5.02 Å². The van der Waals surface area contributed by atoms with Crippen LogP contribution in [0.25, 0.3) is 10.3 Å². The molecule has 0 aliphatic rings. The normalized spacial score (nSPS) is 10.9. The van der Waals surface area contributed by atoms with Gasteiger partial charge in [-0.3, -0.25) is 0 Å². The first-order valence-electron chi connectivity index (χ1n) is 6.21. The van der Waals surface area contributed by atoms with E-state index in [0.29, 0.717) is 20.4 Å². The highest BCUT2D eigenvalue weighted by molar-refractivity contribution is 7.18. The Balaban J connectivity index is 1.85. The lowest BCUT2D eigenvalue weighted by Gasteiger charge is -2.07. The van der Waals surface area contributed by atoms with Crippen molar-refractivity contribution in [3.8, 4) is 5.75 Å². The van der Waals surface area contributed by atoms with Crippen LogP contribution in [0.4, 0.5) is 8.78 Å². The largest absolute Gasteiger partial charge is 0.483 e. The van der Waals surface area contributed by atoms with Gasteiger partial charge < -0.3 is 9.84 Å². The van der Waals surface area contributed by atoms with Crippen LogP contribution in [0.2, 0.25) is 5.02 Å². The molecule has 23 heavy (non-hydrogen) atoms. The van der Waals surface area contributed by atoms with E-state index in [2.05, 4.69) is 9.97 Å². The van der Waals surface area contributed by atoms with Crippen LogP contribution in [0.3, 0.4) is 0 Å². The minimum atomic E-state index is -1.70. The van der Waals surface area contributed by atoms with Crippen molar-refractivity contribution >= 4 is 39.3 Å². The number of carboxylic acid groups (broad SMARTS) is 1. The number of hydrogen-bond acceptors (Lipinski definition) is 5. The van der Waals surface area contributed by atoms with Gasteiger partial charge in [-0.15, -0.1) is 0 Å². The number of hydrogen-bond donors (Lipinski definition) is 1. The van der Waals surface area contributed by atoms with Gasteiger partial charge in [-0.05, 0) is 18.2 Å². The number of carbonyl (C=O) groups is 1. The van der Waals surface area contributed by atoms with Crippen molar-refractivity contribution < 1.29 is 23.4 Å². The third-order valence-corrected chi connectivity index (χ3v) is 4.04. The van der Waals surface area contributed by atoms with E-state index in [9.17, 15) is 13.6 Å². The van der Waals surface area contributed by atoms with E-state index in [4.69, 9.17) is 21.4 Å². The number of halogens is 3. The molecule has 5 nitrogen and oxygen atoms in total. The number of thiazole rings is 1. The topological polar surface area (TPSA) is 72.3 Å². The molecule has 1 N–H and O–H groups in total. The van der Waals surface area contributed by atoms with Gasteiger partial charge in [-0.1, -0.05) is 22.9 Å². The monoisotopic (exact) mass is 356 g/mol. The predicted molar refractivity (Wildman–Crippen MR) is 80.1 cm³/mol. The van der Waals surface area contributed by atoms with E-state index in [-0.39, 0.29) is 12.4 Å². The van der Waals surface area contributed by atoms with Crippen molar-refractivity contribution in [1.29, 1.82) is 0 Å². The quantitative estimate of drug-likeness (QED) is 0.767. The van der Waals surface area contributed by atoms with Crippen molar-refractivity contribution in [3.05, 3.63) is 51.6 Å². The van der Waals surface area contributed by atoms with E-state index < -0.39 is 23.2 Å². The minimum absolute atomic E-state index is 0.111. The summed E-state index contributed by atoms with van der Waals surface area (Å²) in [5.41, 5.74) is -0.479. The molecule has 0 atom stereocenters. The standard InChI is InChI=1S/C14H7ClF2N2O3S/c15-6-3-8-13(18-4-6)23-10(19-8)5-22-9-2-1-7(16)11(12(9)17)14(20)21/h1-4H,5H2,(H,20,21). The van der Waals surface area contributed by atoms with Crippen LogP contribution in [0.5, 0.6) is 5.75 Å². The Morgan fingerprint density at radius 1 is 1.39 bits per heavy atom. The Labute approximate surface area is 137 Å². The van der Waals surface area contributed by atoms with Gasteiger partial charge in [0.1, 0.15) is 33.3 Å². The average Bonchev–Trinajstić information content (AvgIpc) is 2.88. The Bertz CT molecular complexity index is 916. The lowest BCUT2D eigenvalue weighted by molar-refractivity contribution is 0.0685. The highest BCUT2D eigenvalue weighted by atomic mass is 35.5. The molecule has 0 bridgehead atoms. The summed E-state index contributed by atoms with van der Waals surface area (Å²) in [7, 11) is 0. The van der Waals surface area contributed by atoms with Crippen molar-refractivity contribution in [2.75, 3.05) is 0 Å². The third kappa shape index (κ3) is 3.08. The summed E-state index contributed by atoms with van der Waals surface area (Å²) in [6.45, 7) is -0.111. The molecule has 0 spiro atoms. The summed E-state index contributed by atoms with van der Waals surface area (Å²) >= 11 is 7.04. The summed E-state index contributed by atoms with van der Waals surface area (Å²) in [6, 6.07) is 3.49. The Kier molecular flexibility index (Phi) is 4.10. The first kappa shape index (κ1) is 15.6. The number of aromatic carboxylic acids is 1. The zero-order chi connectivity index (χ0) is 16.6. The zero-order valence-electron chi connectivity index (χ0n) is 11.2. The highest BCUT2D eigenvalue weighted by Crippen LogP contribution is 2.26. The Hall–Kier alpha value is -2.32. The number of nitrogens with zero attached hydrogens (tertiary/aromatic N) is 2. The smallest absolute Gasteiger partial charge is 0.341 e. The van der Waals surface area contributed by atoms with Gasteiger partial charge in [0.25, 0.3) is 0 Å². The molecule has 0 saturated heterocycles. The van der Waals surface area contributed by atoms with Gasteiger partial charge in [0, 0.05) is 6.20 Å². The van der Waals surface area contributed by atoms with E-state index in [1.807, 2.05) is 0 Å². The van der Waals surface area contributed by atoms with Gasteiger partial charge >= 0.3 is 5.97 Å². The zero-order valence-corrected chi connectivity index (χ0v) is 12.8. The summed E-state index contributed by atoms with van der Waals surface area (Å²) in [6.07, 6.45) is 1.48. The number of ether oxygens (including phenoxy) is 1. The molecule has 2 aromatic heterocycles. The molecule has 0 unspecified atom stereocenters.